The van der Waals surface area contributed by atoms with Crippen LogP contribution in [0.3, 0.4) is 0 Å². The van der Waals surface area contributed by atoms with E-state index in [0.29, 0.717) is 17.9 Å². The number of aliphatic hydroxyl groups excluding tert-OH is 2. The molecule has 0 radical (unpaired) electrons. The Hall–Kier alpha value is -2.53. The second kappa shape index (κ2) is 9.98. The lowest BCUT2D eigenvalue weighted by atomic mass is 9.98. The summed E-state index contributed by atoms with van der Waals surface area (Å²) in [6.45, 7) is 6.82. The van der Waals surface area contributed by atoms with Gasteiger partial charge in [0, 0.05) is 17.8 Å². The first-order valence-corrected chi connectivity index (χ1v) is 10.3. The van der Waals surface area contributed by atoms with Crippen LogP contribution in [0.5, 0.6) is 0 Å². The molecule has 7 N–H and O–H groups in total. The van der Waals surface area contributed by atoms with Crippen LogP contribution in [-0.2, 0) is 16.1 Å². The van der Waals surface area contributed by atoms with Crippen molar-refractivity contribution < 1.29 is 19.7 Å². The van der Waals surface area contributed by atoms with Crippen LogP contribution in [0.1, 0.15) is 30.7 Å². The first kappa shape index (κ1) is 23.7. The lowest BCUT2D eigenvalue weighted by molar-refractivity contribution is -0.122. The molecule has 1 amide bonds. The van der Waals surface area contributed by atoms with E-state index in [1.165, 1.54) is 18.3 Å². The van der Waals surface area contributed by atoms with Crippen molar-refractivity contribution in [2.45, 2.75) is 52.1 Å². The molecule has 0 fully saturated rings. The molecule has 1 aliphatic rings. The highest BCUT2D eigenvalue weighted by Gasteiger charge is 2.33. The van der Waals surface area contributed by atoms with Crippen LogP contribution in [0, 0.1) is 12.3 Å². The Morgan fingerprint density at radius 3 is 2.67 bits per heavy atom. The predicted molar refractivity (Wildman–Crippen MR) is 116 cm³/mol. The van der Waals surface area contributed by atoms with Crippen LogP contribution in [0.15, 0.2) is 41.5 Å². The van der Waals surface area contributed by atoms with E-state index in [1.807, 2.05) is 20.8 Å². The number of nitrogens with zero attached hydrogens (tertiary/aromatic N) is 1. The molecule has 2 rings (SSSR count). The van der Waals surface area contributed by atoms with Crippen molar-refractivity contribution in [1.82, 2.24) is 15.6 Å². The van der Waals surface area contributed by atoms with E-state index in [9.17, 15) is 15.0 Å². The Kier molecular flexibility index (Phi) is 7.90. The van der Waals surface area contributed by atoms with Crippen molar-refractivity contribution in [3.63, 3.8) is 0 Å². The molecule has 1 aromatic heterocycles. The molecule has 2 atom stereocenters. The zero-order valence-electron chi connectivity index (χ0n) is 17.5. The third-order valence-electron chi connectivity index (χ3n) is 4.35. The van der Waals surface area contributed by atoms with Crippen LogP contribution >= 0.6 is 11.3 Å². The number of aromatic nitrogens is 1. The predicted octanol–water partition coefficient (Wildman–Crippen LogP) is 0.838. The van der Waals surface area contributed by atoms with Gasteiger partial charge in [-0.1, -0.05) is 0 Å². The summed E-state index contributed by atoms with van der Waals surface area (Å²) in [6.07, 6.45) is 5.08. The van der Waals surface area contributed by atoms with E-state index >= 15 is 0 Å². The molecule has 9 nitrogen and oxygen atoms in total. The van der Waals surface area contributed by atoms with E-state index in [2.05, 4.69) is 15.6 Å². The second-order valence-corrected chi connectivity index (χ2v) is 8.81. The lowest BCUT2D eigenvalue weighted by Crippen LogP contribution is -2.61. The van der Waals surface area contributed by atoms with Crippen molar-refractivity contribution in [3.05, 3.63) is 51.3 Å². The SMILES string of the molecule is Cc1ncc(COC2=C/C(=C(/NC(C)C)C(=O)NC(C)(CO)C(N)O)C(=N)C=C2)s1. The Morgan fingerprint density at radius 2 is 2.13 bits per heavy atom. The summed E-state index contributed by atoms with van der Waals surface area (Å²) in [5.74, 6) is -0.111. The van der Waals surface area contributed by atoms with Gasteiger partial charge in [-0.25, -0.2) is 4.98 Å². The molecule has 1 heterocycles. The van der Waals surface area contributed by atoms with Crippen molar-refractivity contribution in [1.29, 1.82) is 5.41 Å². The Bertz CT molecular complexity index is 888. The summed E-state index contributed by atoms with van der Waals surface area (Å²) in [6, 6.07) is -0.113. The monoisotopic (exact) mass is 435 g/mol. The normalized spacial score (nSPS) is 18.5. The topological polar surface area (TPSA) is 154 Å². The number of carbonyl (C=O) groups is 1. The van der Waals surface area contributed by atoms with Gasteiger partial charge in [0.2, 0.25) is 0 Å². The van der Waals surface area contributed by atoms with E-state index in [1.54, 1.807) is 24.4 Å². The van der Waals surface area contributed by atoms with E-state index in [0.717, 1.165) is 9.88 Å². The molecule has 0 saturated carbocycles. The third-order valence-corrected chi connectivity index (χ3v) is 5.24. The average molecular weight is 436 g/mol. The average Bonchev–Trinajstić information content (AvgIpc) is 3.10. The number of nitrogens with two attached hydrogens (primary N) is 1. The molecule has 1 aromatic rings. The molecule has 0 bridgehead atoms. The van der Waals surface area contributed by atoms with Gasteiger partial charge in [0.05, 0.1) is 27.7 Å². The number of aliphatic hydroxyl groups is 2. The number of thiazole rings is 1. The minimum Gasteiger partial charge on any atom is -0.488 e. The zero-order chi connectivity index (χ0) is 22.5. The molecule has 0 aliphatic heterocycles. The van der Waals surface area contributed by atoms with E-state index < -0.39 is 24.3 Å². The summed E-state index contributed by atoms with van der Waals surface area (Å²) in [7, 11) is 0. The molecular weight excluding hydrogens is 406 g/mol. The van der Waals surface area contributed by atoms with Gasteiger partial charge in [-0.15, -0.1) is 11.3 Å². The van der Waals surface area contributed by atoms with Gasteiger partial charge >= 0.3 is 0 Å². The maximum Gasteiger partial charge on any atom is 0.268 e. The molecule has 2 unspecified atom stereocenters. The van der Waals surface area contributed by atoms with E-state index in [4.69, 9.17) is 15.9 Å². The lowest BCUT2D eigenvalue weighted by Gasteiger charge is -2.32. The Morgan fingerprint density at radius 1 is 1.43 bits per heavy atom. The van der Waals surface area contributed by atoms with E-state index in [-0.39, 0.29) is 17.5 Å². The summed E-state index contributed by atoms with van der Waals surface area (Å²) >= 11 is 1.53. The fraction of sp³-hybridized carbons (Fsp3) is 0.450. The minimum absolute atomic E-state index is 0.113. The smallest absolute Gasteiger partial charge is 0.268 e. The number of aryl methyl sites for hydroxylation is 1. The van der Waals surface area contributed by atoms with Crippen molar-refractivity contribution >= 4 is 23.0 Å². The summed E-state index contributed by atoms with van der Waals surface area (Å²) in [5, 5.41) is 34.1. The van der Waals surface area contributed by atoms with Gasteiger partial charge in [-0.2, -0.15) is 0 Å². The molecular formula is C20H29N5O4S. The molecule has 10 heteroatoms. The number of carbonyl (C=O) groups excluding carboxylic acids is 1. The van der Waals surface area contributed by atoms with Gasteiger partial charge in [-0.05, 0) is 45.9 Å². The van der Waals surface area contributed by atoms with Crippen LogP contribution in [0.2, 0.25) is 0 Å². The van der Waals surface area contributed by atoms with Crippen molar-refractivity contribution in [3.8, 4) is 0 Å². The standard InChI is InChI=1S/C20H29N5O4S/c1-11(2)24-17(18(27)25-20(4,10-26)19(22)28)15-7-13(5-6-16(15)21)29-9-14-8-23-12(3)30-14/h5-8,11,19,21,24,26,28H,9-10,22H2,1-4H3,(H,25,27)/b17-15-,21-16?. The first-order chi connectivity index (χ1) is 14.1. The quantitative estimate of drug-likeness (QED) is 0.248. The molecule has 164 valence electrons. The van der Waals surface area contributed by atoms with Crippen LogP contribution in [0.25, 0.3) is 0 Å². The summed E-state index contributed by atoms with van der Waals surface area (Å²) < 4.78 is 5.81. The fourth-order valence-electron chi connectivity index (χ4n) is 2.53. The number of rotatable bonds is 9. The molecule has 0 saturated heterocycles. The maximum atomic E-state index is 13.0. The molecule has 1 aliphatic carbocycles. The van der Waals surface area contributed by atoms with Crippen molar-refractivity contribution in [2.75, 3.05) is 6.61 Å². The van der Waals surface area contributed by atoms with Crippen molar-refractivity contribution in [2.24, 2.45) is 5.73 Å². The number of nitrogens with one attached hydrogen (secondary N) is 3. The minimum atomic E-state index is -1.47. The maximum absolute atomic E-state index is 13.0. The van der Waals surface area contributed by atoms with Crippen LogP contribution in [-0.4, -0.2) is 51.2 Å². The second-order valence-electron chi connectivity index (χ2n) is 7.49. The van der Waals surface area contributed by atoms with Crippen LogP contribution < -0.4 is 16.4 Å². The molecule has 0 spiro atoms. The highest BCUT2D eigenvalue weighted by molar-refractivity contribution is 7.11. The Balaban J connectivity index is 2.33. The summed E-state index contributed by atoms with van der Waals surface area (Å²) in [4.78, 5) is 18.1. The Labute approximate surface area is 179 Å². The zero-order valence-corrected chi connectivity index (χ0v) is 18.3. The number of amides is 1. The number of hydrogen-bond donors (Lipinski definition) is 6. The first-order valence-electron chi connectivity index (χ1n) is 9.46. The summed E-state index contributed by atoms with van der Waals surface area (Å²) in [5.41, 5.74) is 4.63. The molecule has 30 heavy (non-hydrogen) atoms. The highest BCUT2D eigenvalue weighted by atomic mass is 32.1. The van der Waals surface area contributed by atoms with Crippen LogP contribution in [0.4, 0.5) is 0 Å². The number of allylic oxidation sites excluding steroid dienone is 4. The van der Waals surface area contributed by atoms with Gasteiger partial charge in [-0.3, -0.25) is 4.79 Å². The van der Waals surface area contributed by atoms with Gasteiger partial charge in [0.25, 0.3) is 5.91 Å². The number of hydrogen-bond acceptors (Lipinski definition) is 9. The third kappa shape index (κ3) is 5.99. The molecule has 0 aromatic carbocycles. The van der Waals surface area contributed by atoms with Gasteiger partial charge in [0.1, 0.15) is 24.3 Å². The largest absolute Gasteiger partial charge is 0.488 e. The fourth-order valence-corrected chi connectivity index (χ4v) is 3.24. The van der Waals surface area contributed by atoms with Gasteiger partial charge in [0.15, 0.2) is 0 Å². The highest BCUT2D eigenvalue weighted by Crippen LogP contribution is 2.21. The van der Waals surface area contributed by atoms with Gasteiger partial charge < -0.3 is 36.7 Å². The number of ether oxygens (including phenoxy) is 1.